The van der Waals surface area contributed by atoms with Crippen molar-refractivity contribution in [1.82, 2.24) is 10.2 Å². The number of hydrogen-bond donors (Lipinski definition) is 2. The summed E-state index contributed by atoms with van der Waals surface area (Å²) in [5, 5.41) is 12.5. The van der Waals surface area contributed by atoms with Crippen LogP contribution in [0.1, 0.15) is 23.7 Å². The number of morpholine rings is 1. The van der Waals surface area contributed by atoms with Crippen LogP contribution in [-0.2, 0) is 9.53 Å². The summed E-state index contributed by atoms with van der Waals surface area (Å²) in [5.74, 6) is 6.08. The minimum absolute atomic E-state index is 0.0136. The van der Waals surface area contributed by atoms with Crippen LogP contribution in [0.5, 0.6) is 5.75 Å². The molecule has 2 N–H and O–H groups in total. The Hall–Kier alpha value is -2.85. The third kappa shape index (κ3) is 5.00. The Morgan fingerprint density at radius 1 is 1.20 bits per heavy atom. The highest BCUT2D eigenvalue weighted by Crippen LogP contribution is 2.27. The van der Waals surface area contributed by atoms with Gasteiger partial charge in [-0.05, 0) is 42.8 Å². The summed E-state index contributed by atoms with van der Waals surface area (Å²) < 4.78 is 11.7. The molecule has 0 radical (unpaired) electrons. The van der Waals surface area contributed by atoms with Crippen LogP contribution in [0.4, 0.5) is 0 Å². The van der Waals surface area contributed by atoms with Gasteiger partial charge in [0, 0.05) is 24.7 Å². The summed E-state index contributed by atoms with van der Waals surface area (Å²) >= 11 is 0. The molecule has 3 atom stereocenters. The van der Waals surface area contributed by atoms with E-state index in [1.165, 1.54) is 0 Å². The second-order valence-electron chi connectivity index (χ2n) is 7.51. The Labute approximate surface area is 176 Å². The van der Waals surface area contributed by atoms with Gasteiger partial charge in [0.05, 0.1) is 12.7 Å². The second kappa shape index (κ2) is 9.77. The van der Waals surface area contributed by atoms with Gasteiger partial charge in [-0.2, -0.15) is 0 Å². The van der Waals surface area contributed by atoms with Crippen molar-refractivity contribution >= 4 is 5.97 Å². The van der Waals surface area contributed by atoms with Gasteiger partial charge in [0.1, 0.15) is 18.4 Å². The van der Waals surface area contributed by atoms with Gasteiger partial charge in [0.25, 0.3) is 0 Å². The number of aliphatic carboxylic acids is 1. The van der Waals surface area contributed by atoms with Crippen LogP contribution in [0, 0.1) is 11.8 Å². The van der Waals surface area contributed by atoms with Crippen molar-refractivity contribution in [2.24, 2.45) is 0 Å². The summed E-state index contributed by atoms with van der Waals surface area (Å²) in [6.45, 7) is 3.11. The molecule has 0 bridgehead atoms. The van der Waals surface area contributed by atoms with Crippen LogP contribution in [0.3, 0.4) is 0 Å². The maximum Gasteiger partial charge on any atom is 0.322 e. The molecule has 30 heavy (non-hydrogen) atoms. The minimum Gasteiger partial charge on any atom is -0.481 e. The predicted molar refractivity (Wildman–Crippen MR) is 113 cm³/mol. The SMILES string of the molecule is O=C(O)[C@H]1NCCC1N1CCOC(c2ccc(OCC#Cc3ccccc3)cc2)C1. The predicted octanol–water partition coefficient (Wildman–Crippen LogP) is 2.31. The summed E-state index contributed by atoms with van der Waals surface area (Å²) in [4.78, 5) is 13.7. The number of rotatable bonds is 5. The summed E-state index contributed by atoms with van der Waals surface area (Å²) in [6, 6.07) is 17.2. The van der Waals surface area contributed by atoms with Gasteiger partial charge >= 0.3 is 5.97 Å². The Kier molecular flexibility index (Phi) is 6.65. The zero-order valence-electron chi connectivity index (χ0n) is 16.8. The normalized spacial score (nSPS) is 24.1. The zero-order chi connectivity index (χ0) is 20.8. The molecule has 2 unspecified atom stereocenters. The van der Waals surface area contributed by atoms with Crippen LogP contribution in [0.15, 0.2) is 54.6 Å². The molecule has 2 aromatic carbocycles. The van der Waals surface area contributed by atoms with E-state index in [4.69, 9.17) is 9.47 Å². The van der Waals surface area contributed by atoms with Gasteiger partial charge in [0.2, 0.25) is 0 Å². The number of carboxylic acid groups (broad SMARTS) is 1. The van der Waals surface area contributed by atoms with Gasteiger partial charge in [-0.25, -0.2) is 0 Å². The lowest BCUT2D eigenvalue weighted by Crippen LogP contribution is -2.52. The quantitative estimate of drug-likeness (QED) is 0.743. The monoisotopic (exact) mass is 406 g/mol. The number of nitrogens with zero attached hydrogens (tertiary/aromatic N) is 1. The number of benzene rings is 2. The van der Waals surface area contributed by atoms with Gasteiger partial charge in [-0.15, -0.1) is 0 Å². The molecule has 2 aliphatic heterocycles. The molecule has 0 aromatic heterocycles. The molecule has 156 valence electrons. The molecule has 0 spiro atoms. The first kappa shape index (κ1) is 20.4. The van der Waals surface area contributed by atoms with Gasteiger partial charge in [-0.1, -0.05) is 42.2 Å². The third-order valence-corrected chi connectivity index (χ3v) is 5.59. The molecule has 0 amide bonds. The fourth-order valence-corrected chi connectivity index (χ4v) is 4.06. The van der Waals surface area contributed by atoms with Crippen LogP contribution in [-0.4, -0.2) is 60.9 Å². The smallest absolute Gasteiger partial charge is 0.322 e. The van der Waals surface area contributed by atoms with Crippen LogP contribution in [0.25, 0.3) is 0 Å². The number of ether oxygens (including phenoxy) is 2. The van der Waals surface area contributed by atoms with Gasteiger partial charge < -0.3 is 19.9 Å². The Bertz CT molecular complexity index is 904. The van der Waals surface area contributed by atoms with Crippen molar-refractivity contribution in [3.8, 4) is 17.6 Å². The highest BCUT2D eigenvalue weighted by molar-refractivity contribution is 5.75. The zero-order valence-corrected chi connectivity index (χ0v) is 16.8. The second-order valence-corrected chi connectivity index (χ2v) is 7.51. The molecule has 2 fully saturated rings. The average Bonchev–Trinajstić information content (AvgIpc) is 3.29. The first-order valence-electron chi connectivity index (χ1n) is 10.3. The molecule has 0 aliphatic carbocycles. The first-order valence-corrected chi connectivity index (χ1v) is 10.3. The lowest BCUT2D eigenvalue weighted by atomic mass is 10.0. The summed E-state index contributed by atoms with van der Waals surface area (Å²) in [7, 11) is 0. The topological polar surface area (TPSA) is 71.0 Å². The van der Waals surface area contributed by atoms with E-state index in [0.717, 1.165) is 36.4 Å². The highest BCUT2D eigenvalue weighted by atomic mass is 16.5. The highest BCUT2D eigenvalue weighted by Gasteiger charge is 2.38. The third-order valence-electron chi connectivity index (χ3n) is 5.59. The maximum absolute atomic E-state index is 11.5. The van der Waals surface area contributed by atoms with Gasteiger partial charge in [-0.3, -0.25) is 9.69 Å². The number of carboxylic acids is 1. The largest absolute Gasteiger partial charge is 0.481 e. The van der Waals surface area contributed by atoms with Gasteiger partial charge in [0.15, 0.2) is 0 Å². The average molecular weight is 406 g/mol. The van der Waals surface area contributed by atoms with E-state index in [0.29, 0.717) is 19.8 Å². The molecule has 2 heterocycles. The molecule has 2 saturated heterocycles. The summed E-state index contributed by atoms with van der Waals surface area (Å²) in [6.07, 6.45) is 0.779. The molecule has 6 nitrogen and oxygen atoms in total. The number of hydrogen-bond acceptors (Lipinski definition) is 5. The molecule has 4 rings (SSSR count). The molecular formula is C24H26N2O4. The van der Waals surface area contributed by atoms with Crippen molar-refractivity contribution in [3.63, 3.8) is 0 Å². The molecule has 2 aromatic rings. The van der Waals surface area contributed by atoms with E-state index in [1.54, 1.807) is 0 Å². The Morgan fingerprint density at radius 2 is 2.00 bits per heavy atom. The van der Waals surface area contributed by atoms with Crippen molar-refractivity contribution < 1.29 is 19.4 Å². The summed E-state index contributed by atoms with van der Waals surface area (Å²) in [5.41, 5.74) is 2.04. The van der Waals surface area contributed by atoms with Crippen LogP contribution in [0.2, 0.25) is 0 Å². The lowest BCUT2D eigenvalue weighted by molar-refractivity contribution is -0.141. The van der Waals surface area contributed by atoms with Crippen molar-refractivity contribution in [2.45, 2.75) is 24.6 Å². The minimum atomic E-state index is -0.780. The number of carbonyl (C=O) groups is 1. The molecule has 0 saturated carbocycles. The van der Waals surface area contributed by atoms with E-state index in [1.807, 2.05) is 54.6 Å². The lowest BCUT2D eigenvalue weighted by Gasteiger charge is -2.38. The maximum atomic E-state index is 11.5. The molecule has 2 aliphatic rings. The standard InChI is InChI=1S/C24H26N2O4/c27-24(28)23-21(12-13-25-23)26-14-16-30-22(17-26)19-8-10-20(11-9-19)29-15-4-7-18-5-2-1-3-6-18/h1-3,5-6,8-11,21-23,25H,12-17H2,(H,27,28)/t21?,22?,23-/m0/s1. The van der Waals surface area contributed by atoms with E-state index >= 15 is 0 Å². The van der Waals surface area contributed by atoms with Crippen molar-refractivity contribution in [2.75, 3.05) is 32.8 Å². The van der Waals surface area contributed by atoms with E-state index in [9.17, 15) is 9.90 Å². The fraction of sp³-hybridized carbons (Fsp3) is 0.375. The number of nitrogens with one attached hydrogen (secondary N) is 1. The van der Waals surface area contributed by atoms with E-state index in [2.05, 4.69) is 22.1 Å². The van der Waals surface area contributed by atoms with E-state index in [-0.39, 0.29) is 12.1 Å². The Balaban J connectivity index is 1.32. The van der Waals surface area contributed by atoms with Crippen LogP contribution >= 0.6 is 0 Å². The van der Waals surface area contributed by atoms with Crippen LogP contribution < -0.4 is 10.1 Å². The van der Waals surface area contributed by atoms with Crippen molar-refractivity contribution in [3.05, 3.63) is 65.7 Å². The van der Waals surface area contributed by atoms with E-state index < -0.39 is 12.0 Å². The Morgan fingerprint density at radius 3 is 2.77 bits per heavy atom. The van der Waals surface area contributed by atoms with Crippen molar-refractivity contribution in [1.29, 1.82) is 0 Å². The fourth-order valence-electron chi connectivity index (χ4n) is 4.06. The first-order chi connectivity index (χ1) is 14.7. The molecule has 6 heteroatoms. The molecular weight excluding hydrogens is 380 g/mol.